The zero-order chi connectivity index (χ0) is 12.0. The number of aryl methyl sites for hydroxylation is 1. The first-order valence-electron chi connectivity index (χ1n) is 5.88. The monoisotopic (exact) mass is 259 g/mol. The van der Waals surface area contributed by atoms with Gasteiger partial charge in [-0.2, -0.15) is 4.37 Å². The number of aromatic nitrogens is 2. The summed E-state index contributed by atoms with van der Waals surface area (Å²) < 4.78 is 5.38. The summed E-state index contributed by atoms with van der Waals surface area (Å²) in [6.45, 7) is 9.77. The van der Waals surface area contributed by atoms with Gasteiger partial charge in [0.1, 0.15) is 5.82 Å². The van der Waals surface area contributed by atoms with Crippen molar-refractivity contribution in [2.75, 3.05) is 6.54 Å². The Bertz CT molecular complexity index is 301. The maximum atomic E-state index is 4.46. The first-order chi connectivity index (χ1) is 7.65. The van der Waals surface area contributed by atoms with Crippen molar-refractivity contribution < 1.29 is 0 Å². The highest BCUT2D eigenvalue weighted by Gasteiger charge is 2.09. The van der Waals surface area contributed by atoms with Crippen molar-refractivity contribution in [3.63, 3.8) is 0 Å². The van der Waals surface area contributed by atoms with Crippen molar-refractivity contribution in [3.05, 3.63) is 5.82 Å². The lowest BCUT2D eigenvalue weighted by atomic mass is 10.2. The highest BCUT2D eigenvalue weighted by atomic mass is 32.2. The summed E-state index contributed by atoms with van der Waals surface area (Å²) in [5.74, 6) is 0.967. The Kier molecular flexibility index (Phi) is 6.31. The molecule has 0 spiro atoms. The van der Waals surface area contributed by atoms with E-state index in [1.165, 1.54) is 18.0 Å². The third kappa shape index (κ3) is 4.80. The first-order valence-corrected chi connectivity index (χ1v) is 7.53. The maximum absolute atomic E-state index is 4.46. The van der Waals surface area contributed by atoms with Crippen LogP contribution < -0.4 is 5.32 Å². The second-order valence-corrected chi connectivity index (χ2v) is 6.41. The predicted molar refractivity (Wildman–Crippen MR) is 72.4 cm³/mol. The van der Waals surface area contributed by atoms with Crippen LogP contribution in [0.15, 0.2) is 4.34 Å². The highest BCUT2D eigenvalue weighted by molar-refractivity contribution is 8.01. The summed E-state index contributed by atoms with van der Waals surface area (Å²) >= 11 is 3.33. The molecule has 0 saturated heterocycles. The van der Waals surface area contributed by atoms with Gasteiger partial charge in [0.25, 0.3) is 0 Å². The van der Waals surface area contributed by atoms with E-state index in [1.807, 2.05) is 11.8 Å². The van der Waals surface area contributed by atoms with Gasteiger partial charge in [0.05, 0.1) is 0 Å². The Morgan fingerprint density at radius 3 is 2.69 bits per heavy atom. The van der Waals surface area contributed by atoms with Gasteiger partial charge in [-0.3, -0.25) is 0 Å². The van der Waals surface area contributed by atoms with Gasteiger partial charge in [0.15, 0.2) is 4.34 Å². The summed E-state index contributed by atoms with van der Waals surface area (Å²) in [5, 5.41) is 4.06. The smallest absolute Gasteiger partial charge is 0.170 e. The van der Waals surface area contributed by atoms with Crippen LogP contribution in [0.2, 0.25) is 0 Å². The highest BCUT2D eigenvalue weighted by Crippen LogP contribution is 2.24. The lowest BCUT2D eigenvalue weighted by molar-refractivity contribution is 0.537. The molecular formula is C11H21N3S2. The van der Waals surface area contributed by atoms with Crippen LogP contribution in [-0.4, -0.2) is 27.2 Å². The molecule has 1 rings (SSSR count). The summed E-state index contributed by atoms with van der Waals surface area (Å²) in [5.41, 5.74) is 0. The molecule has 0 fully saturated rings. The van der Waals surface area contributed by atoms with Crippen LogP contribution in [0.3, 0.4) is 0 Å². The average molecular weight is 259 g/mol. The Morgan fingerprint density at radius 2 is 2.12 bits per heavy atom. The van der Waals surface area contributed by atoms with Gasteiger partial charge < -0.3 is 5.32 Å². The Balaban J connectivity index is 2.30. The minimum Gasteiger partial charge on any atom is -0.313 e. The Morgan fingerprint density at radius 1 is 1.38 bits per heavy atom. The SMILES string of the molecule is CCc1nsc(SC(C)CNC(C)CC)n1. The van der Waals surface area contributed by atoms with Crippen molar-refractivity contribution in [2.24, 2.45) is 0 Å². The minimum atomic E-state index is 0.548. The Labute approximate surface area is 107 Å². The lowest BCUT2D eigenvalue weighted by Crippen LogP contribution is -2.30. The molecular weight excluding hydrogens is 238 g/mol. The van der Waals surface area contributed by atoms with Gasteiger partial charge in [0.2, 0.25) is 0 Å². The quantitative estimate of drug-likeness (QED) is 0.764. The molecule has 1 N–H and O–H groups in total. The molecule has 92 valence electrons. The second-order valence-electron chi connectivity index (χ2n) is 3.98. The maximum Gasteiger partial charge on any atom is 0.170 e. The molecule has 2 unspecified atom stereocenters. The molecule has 16 heavy (non-hydrogen) atoms. The molecule has 0 aliphatic carbocycles. The third-order valence-electron chi connectivity index (χ3n) is 2.43. The van der Waals surface area contributed by atoms with Crippen LogP contribution in [0.1, 0.15) is 39.9 Å². The summed E-state index contributed by atoms with van der Waals surface area (Å²) in [7, 11) is 0. The number of nitrogens with zero attached hydrogens (tertiary/aromatic N) is 2. The molecule has 1 aromatic heterocycles. The van der Waals surface area contributed by atoms with Gasteiger partial charge in [-0.25, -0.2) is 4.98 Å². The molecule has 0 aliphatic rings. The second kappa shape index (κ2) is 7.25. The van der Waals surface area contributed by atoms with Gasteiger partial charge in [-0.15, -0.1) is 0 Å². The summed E-state index contributed by atoms with van der Waals surface area (Å²) in [6, 6.07) is 0.601. The van der Waals surface area contributed by atoms with Gasteiger partial charge in [-0.1, -0.05) is 32.5 Å². The van der Waals surface area contributed by atoms with E-state index in [0.29, 0.717) is 11.3 Å². The normalized spacial score (nSPS) is 15.0. The van der Waals surface area contributed by atoms with E-state index in [-0.39, 0.29) is 0 Å². The molecule has 0 aliphatic heterocycles. The molecule has 0 saturated carbocycles. The van der Waals surface area contributed by atoms with Crippen molar-refractivity contribution in [2.45, 2.75) is 56.2 Å². The van der Waals surface area contributed by atoms with Crippen molar-refractivity contribution in [3.8, 4) is 0 Å². The zero-order valence-electron chi connectivity index (χ0n) is 10.5. The lowest BCUT2D eigenvalue weighted by Gasteiger charge is -2.14. The molecule has 2 atom stereocenters. The largest absolute Gasteiger partial charge is 0.313 e. The summed E-state index contributed by atoms with van der Waals surface area (Å²) in [4.78, 5) is 4.46. The van der Waals surface area contributed by atoms with Gasteiger partial charge in [0, 0.05) is 24.3 Å². The van der Waals surface area contributed by atoms with E-state index in [2.05, 4.69) is 42.4 Å². The van der Waals surface area contributed by atoms with Crippen LogP contribution in [0.25, 0.3) is 0 Å². The molecule has 0 radical (unpaired) electrons. The number of rotatable bonds is 7. The van der Waals surface area contributed by atoms with Gasteiger partial charge >= 0.3 is 0 Å². The topological polar surface area (TPSA) is 37.8 Å². The van der Waals surface area contributed by atoms with Crippen LogP contribution in [0.5, 0.6) is 0 Å². The first kappa shape index (κ1) is 13.9. The number of hydrogen-bond donors (Lipinski definition) is 1. The van der Waals surface area contributed by atoms with Crippen molar-refractivity contribution in [1.29, 1.82) is 0 Å². The van der Waals surface area contributed by atoms with E-state index in [0.717, 1.165) is 23.1 Å². The molecule has 1 aromatic rings. The number of hydrogen-bond acceptors (Lipinski definition) is 5. The van der Waals surface area contributed by atoms with Crippen LogP contribution in [0.4, 0.5) is 0 Å². The average Bonchev–Trinajstić information content (AvgIpc) is 2.73. The van der Waals surface area contributed by atoms with Crippen LogP contribution in [-0.2, 0) is 6.42 Å². The fourth-order valence-corrected chi connectivity index (χ4v) is 3.11. The number of thioether (sulfide) groups is 1. The molecule has 3 nitrogen and oxygen atoms in total. The molecule has 0 amide bonds. The van der Waals surface area contributed by atoms with E-state index in [9.17, 15) is 0 Å². The Hall–Kier alpha value is -0.130. The van der Waals surface area contributed by atoms with E-state index in [4.69, 9.17) is 0 Å². The predicted octanol–water partition coefficient (Wildman–Crippen LogP) is 2.97. The fraction of sp³-hybridized carbons (Fsp3) is 0.818. The summed E-state index contributed by atoms with van der Waals surface area (Å²) in [6.07, 6.45) is 2.10. The third-order valence-corrected chi connectivity index (χ3v) is 4.36. The van der Waals surface area contributed by atoms with E-state index in [1.54, 1.807) is 0 Å². The fourth-order valence-electron chi connectivity index (χ4n) is 1.15. The van der Waals surface area contributed by atoms with Crippen molar-refractivity contribution >= 4 is 23.3 Å². The van der Waals surface area contributed by atoms with E-state index >= 15 is 0 Å². The molecule has 0 bridgehead atoms. The van der Waals surface area contributed by atoms with Crippen LogP contribution >= 0.6 is 23.3 Å². The number of nitrogens with one attached hydrogen (secondary N) is 1. The van der Waals surface area contributed by atoms with E-state index < -0.39 is 0 Å². The molecule has 5 heteroatoms. The van der Waals surface area contributed by atoms with Crippen LogP contribution in [0, 0.1) is 0 Å². The minimum absolute atomic E-state index is 0.548. The van der Waals surface area contributed by atoms with Gasteiger partial charge in [-0.05, 0) is 24.9 Å². The molecule has 1 heterocycles. The standard InChI is InChI=1S/C11H21N3S2/c1-5-8(3)12-7-9(4)15-11-13-10(6-2)14-16-11/h8-9,12H,5-7H2,1-4H3. The molecule has 0 aromatic carbocycles. The van der Waals surface area contributed by atoms with Crippen molar-refractivity contribution in [1.82, 2.24) is 14.7 Å². The zero-order valence-corrected chi connectivity index (χ0v) is 12.1.